The van der Waals surface area contributed by atoms with Crippen molar-refractivity contribution in [1.82, 2.24) is 14.7 Å². The number of thioether (sulfide) groups is 1. The van der Waals surface area contributed by atoms with Crippen LogP contribution in [0, 0.1) is 13.8 Å². The summed E-state index contributed by atoms with van der Waals surface area (Å²) in [5.41, 5.74) is 4.31. The number of carboxylic acids is 1. The molecule has 1 saturated heterocycles. The summed E-state index contributed by atoms with van der Waals surface area (Å²) in [6.45, 7) is 7.57. The van der Waals surface area contributed by atoms with Gasteiger partial charge in [-0.25, -0.2) is 4.68 Å². The first-order chi connectivity index (χ1) is 12.9. The molecule has 0 spiro atoms. The molecule has 2 heterocycles. The van der Waals surface area contributed by atoms with E-state index in [4.69, 9.17) is 5.11 Å². The van der Waals surface area contributed by atoms with E-state index >= 15 is 0 Å². The van der Waals surface area contributed by atoms with Gasteiger partial charge in [0, 0.05) is 41.8 Å². The highest BCUT2D eigenvalue weighted by molar-refractivity contribution is 7.99. The number of hydrogen-bond donors (Lipinski definition) is 1. The average Bonchev–Trinajstić information content (AvgIpc) is 2.93. The first-order valence-electron chi connectivity index (χ1n) is 9.15. The first kappa shape index (κ1) is 19.5. The largest absolute Gasteiger partial charge is 0.481 e. The average molecular weight is 388 g/mol. The molecule has 144 valence electrons. The summed E-state index contributed by atoms with van der Waals surface area (Å²) in [6.07, 6.45) is 0.558. The second-order valence-corrected chi connectivity index (χ2v) is 8.48. The van der Waals surface area contributed by atoms with E-state index in [1.165, 1.54) is 0 Å². The SMILES string of the molecule is Cc1nn(-c2ccc(C(=O)N3CCSC(C)C3)cc2)c(C)c1CCC(=O)O. The smallest absolute Gasteiger partial charge is 0.303 e. The van der Waals surface area contributed by atoms with Crippen LogP contribution in [0.4, 0.5) is 0 Å². The van der Waals surface area contributed by atoms with Crippen LogP contribution in [0.15, 0.2) is 24.3 Å². The Kier molecular flexibility index (Phi) is 5.89. The third-order valence-electron chi connectivity index (χ3n) is 4.92. The highest BCUT2D eigenvalue weighted by atomic mass is 32.2. The summed E-state index contributed by atoms with van der Waals surface area (Å²) in [7, 11) is 0. The number of aryl methyl sites for hydroxylation is 1. The Bertz CT molecular complexity index is 845. The zero-order valence-electron chi connectivity index (χ0n) is 15.9. The number of hydrogen-bond acceptors (Lipinski definition) is 4. The van der Waals surface area contributed by atoms with E-state index < -0.39 is 5.97 Å². The van der Waals surface area contributed by atoms with Crippen molar-refractivity contribution in [1.29, 1.82) is 0 Å². The van der Waals surface area contributed by atoms with E-state index in [-0.39, 0.29) is 12.3 Å². The molecular formula is C20H25N3O3S. The Balaban J connectivity index is 1.78. The van der Waals surface area contributed by atoms with Gasteiger partial charge in [0.2, 0.25) is 0 Å². The molecule has 1 amide bonds. The molecule has 1 aromatic carbocycles. The monoisotopic (exact) mass is 387 g/mol. The molecule has 6 nitrogen and oxygen atoms in total. The van der Waals surface area contributed by atoms with Gasteiger partial charge < -0.3 is 10.0 Å². The van der Waals surface area contributed by atoms with Crippen LogP contribution < -0.4 is 0 Å². The van der Waals surface area contributed by atoms with Gasteiger partial charge in [0.05, 0.1) is 11.4 Å². The molecule has 0 aliphatic carbocycles. The standard InChI is InChI=1S/C20H25N3O3S/c1-13-12-22(10-11-27-13)20(26)16-4-6-17(7-5-16)23-15(3)18(14(2)21-23)8-9-19(24)25/h4-7,13H,8-12H2,1-3H3,(H,24,25). The number of carbonyl (C=O) groups excluding carboxylic acids is 1. The molecule has 0 bridgehead atoms. The van der Waals surface area contributed by atoms with E-state index in [0.717, 1.165) is 41.5 Å². The van der Waals surface area contributed by atoms with Crippen LogP contribution in [0.2, 0.25) is 0 Å². The minimum atomic E-state index is -0.810. The minimum absolute atomic E-state index is 0.0733. The highest BCUT2D eigenvalue weighted by Gasteiger charge is 2.22. The maximum atomic E-state index is 12.7. The number of carboxylic acid groups (broad SMARTS) is 1. The molecule has 1 unspecified atom stereocenters. The Morgan fingerprint density at radius 1 is 1.26 bits per heavy atom. The van der Waals surface area contributed by atoms with Gasteiger partial charge in [-0.05, 0) is 50.1 Å². The van der Waals surface area contributed by atoms with E-state index in [1.54, 1.807) is 0 Å². The van der Waals surface area contributed by atoms with Crippen molar-refractivity contribution in [2.45, 2.75) is 38.9 Å². The Morgan fingerprint density at radius 2 is 1.96 bits per heavy atom. The Hall–Kier alpha value is -2.28. The van der Waals surface area contributed by atoms with Crippen molar-refractivity contribution in [2.75, 3.05) is 18.8 Å². The van der Waals surface area contributed by atoms with Gasteiger partial charge in [-0.15, -0.1) is 0 Å². The lowest BCUT2D eigenvalue weighted by Gasteiger charge is -2.30. The second-order valence-electron chi connectivity index (χ2n) is 6.93. The number of benzene rings is 1. The van der Waals surface area contributed by atoms with Gasteiger partial charge in [0.1, 0.15) is 0 Å². The van der Waals surface area contributed by atoms with Crippen LogP contribution in [-0.2, 0) is 11.2 Å². The molecule has 2 aromatic rings. The Morgan fingerprint density at radius 3 is 2.59 bits per heavy atom. The van der Waals surface area contributed by atoms with Crippen LogP contribution in [0.1, 0.15) is 40.7 Å². The van der Waals surface area contributed by atoms with Gasteiger partial charge in [-0.1, -0.05) is 6.92 Å². The predicted octanol–water partition coefficient (Wildman–Crippen LogP) is 3.08. The van der Waals surface area contributed by atoms with Gasteiger partial charge in [-0.2, -0.15) is 16.9 Å². The molecule has 1 atom stereocenters. The number of aliphatic carboxylic acids is 1. The summed E-state index contributed by atoms with van der Waals surface area (Å²) in [6, 6.07) is 7.49. The third kappa shape index (κ3) is 4.35. The molecular weight excluding hydrogens is 362 g/mol. The zero-order chi connectivity index (χ0) is 19.6. The molecule has 0 radical (unpaired) electrons. The zero-order valence-corrected chi connectivity index (χ0v) is 16.8. The first-order valence-corrected chi connectivity index (χ1v) is 10.2. The van der Waals surface area contributed by atoms with Crippen LogP contribution in [0.5, 0.6) is 0 Å². The van der Waals surface area contributed by atoms with Crippen LogP contribution in [0.25, 0.3) is 5.69 Å². The van der Waals surface area contributed by atoms with Crippen LogP contribution in [0.3, 0.4) is 0 Å². The molecule has 7 heteroatoms. The van der Waals surface area contributed by atoms with E-state index in [9.17, 15) is 9.59 Å². The second kappa shape index (κ2) is 8.17. The molecule has 3 rings (SSSR count). The van der Waals surface area contributed by atoms with Gasteiger partial charge in [0.15, 0.2) is 0 Å². The molecule has 1 N–H and O–H groups in total. The van der Waals surface area contributed by atoms with E-state index in [2.05, 4.69) is 12.0 Å². The lowest BCUT2D eigenvalue weighted by Crippen LogP contribution is -2.41. The lowest BCUT2D eigenvalue weighted by atomic mass is 10.1. The van der Waals surface area contributed by atoms with Crippen LogP contribution in [-0.4, -0.2) is 55.8 Å². The summed E-state index contributed by atoms with van der Waals surface area (Å²) in [5, 5.41) is 14.0. The summed E-state index contributed by atoms with van der Waals surface area (Å²) in [5.74, 6) is 0.245. The van der Waals surface area contributed by atoms with Crippen LogP contribution >= 0.6 is 11.8 Å². The van der Waals surface area contributed by atoms with Gasteiger partial charge >= 0.3 is 5.97 Å². The normalized spacial score (nSPS) is 17.1. The molecule has 27 heavy (non-hydrogen) atoms. The van der Waals surface area contributed by atoms with Crippen molar-refractivity contribution in [3.63, 3.8) is 0 Å². The molecule has 1 aromatic heterocycles. The van der Waals surface area contributed by atoms with E-state index in [0.29, 0.717) is 17.2 Å². The predicted molar refractivity (Wildman–Crippen MR) is 107 cm³/mol. The summed E-state index contributed by atoms with van der Waals surface area (Å²) in [4.78, 5) is 25.5. The number of nitrogens with zero attached hydrogens (tertiary/aromatic N) is 3. The fourth-order valence-corrected chi connectivity index (χ4v) is 4.46. The van der Waals surface area contributed by atoms with Crippen molar-refractivity contribution in [2.24, 2.45) is 0 Å². The topological polar surface area (TPSA) is 75.4 Å². The fraction of sp³-hybridized carbons (Fsp3) is 0.450. The quantitative estimate of drug-likeness (QED) is 0.853. The van der Waals surface area contributed by atoms with E-state index in [1.807, 2.05) is 59.5 Å². The number of rotatable bonds is 5. The number of carbonyl (C=O) groups is 2. The number of aromatic nitrogens is 2. The van der Waals surface area contributed by atoms with Crippen molar-refractivity contribution < 1.29 is 14.7 Å². The Labute approximate surface area is 163 Å². The van der Waals surface area contributed by atoms with Crippen molar-refractivity contribution in [3.8, 4) is 5.69 Å². The van der Waals surface area contributed by atoms with Gasteiger partial charge in [0.25, 0.3) is 5.91 Å². The van der Waals surface area contributed by atoms with Crippen molar-refractivity contribution >= 4 is 23.6 Å². The minimum Gasteiger partial charge on any atom is -0.481 e. The number of amides is 1. The lowest BCUT2D eigenvalue weighted by molar-refractivity contribution is -0.136. The molecule has 1 aliphatic rings. The highest BCUT2D eigenvalue weighted by Crippen LogP contribution is 2.22. The fourth-order valence-electron chi connectivity index (χ4n) is 3.45. The summed E-state index contributed by atoms with van der Waals surface area (Å²) < 4.78 is 1.82. The summed E-state index contributed by atoms with van der Waals surface area (Å²) >= 11 is 1.90. The third-order valence-corrected chi connectivity index (χ3v) is 6.05. The maximum absolute atomic E-state index is 12.7. The molecule has 0 saturated carbocycles. The molecule has 1 aliphatic heterocycles. The van der Waals surface area contributed by atoms with Gasteiger partial charge in [-0.3, -0.25) is 9.59 Å². The maximum Gasteiger partial charge on any atom is 0.303 e. The van der Waals surface area contributed by atoms with Crippen molar-refractivity contribution in [3.05, 3.63) is 46.8 Å². The molecule has 1 fully saturated rings.